The van der Waals surface area contributed by atoms with Crippen molar-refractivity contribution in [2.45, 2.75) is 6.92 Å². The van der Waals surface area contributed by atoms with E-state index in [-0.39, 0.29) is 12.3 Å². The summed E-state index contributed by atoms with van der Waals surface area (Å²) in [7, 11) is 2.67. The van der Waals surface area contributed by atoms with Gasteiger partial charge in [-0.25, -0.2) is 9.59 Å². The summed E-state index contributed by atoms with van der Waals surface area (Å²) in [6.07, 6.45) is 1.54. The van der Waals surface area contributed by atoms with Gasteiger partial charge in [0.05, 0.1) is 13.7 Å². The van der Waals surface area contributed by atoms with E-state index in [1.54, 1.807) is 18.2 Å². The van der Waals surface area contributed by atoms with E-state index in [9.17, 15) is 14.4 Å². The van der Waals surface area contributed by atoms with Crippen molar-refractivity contribution >= 4 is 24.0 Å². The minimum Gasteiger partial charge on any atom is -0.490 e. The van der Waals surface area contributed by atoms with Gasteiger partial charge in [-0.1, -0.05) is 6.07 Å². The summed E-state index contributed by atoms with van der Waals surface area (Å²) in [6, 6.07) is 4.47. The number of esters is 1. The van der Waals surface area contributed by atoms with Gasteiger partial charge in [0, 0.05) is 7.05 Å². The summed E-state index contributed by atoms with van der Waals surface area (Å²) in [5.41, 5.74) is 0.816. The molecule has 1 aromatic carbocycles. The van der Waals surface area contributed by atoms with Crippen molar-refractivity contribution in [2.24, 2.45) is 0 Å². The first-order valence-electron chi connectivity index (χ1n) is 7.23. The number of hydrogen-bond donors (Lipinski definition) is 1. The van der Waals surface area contributed by atoms with Crippen LogP contribution in [0.2, 0.25) is 0 Å². The molecule has 0 bridgehead atoms. The van der Waals surface area contributed by atoms with Gasteiger partial charge in [0.2, 0.25) is 0 Å². The fourth-order valence-corrected chi connectivity index (χ4v) is 1.99. The Kier molecular flexibility index (Phi) is 5.41. The van der Waals surface area contributed by atoms with Crippen molar-refractivity contribution < 1.29 is 28.6 Å². The number of nitrogens with zero attached hydrogens (tertiary/aromatic N) is 1. The molecule has 2 rings (SSSR count). The van der Waals surface area contributed by atoms with Gasteiger partial charge >= 0.3 is 12.0 Å². The largest absolute Gasteiger partial charge is 0.490 e. The van der Waals surface area contributed by atoms with Crippen molar-refractivity contribution in [3.63, 3.8) is 0 Å². The number of nitrogens with one attached hydrogen (secondary N) is 1. The second kappa shape index (κ2) is 7.49. The Morgan fingerprint density at radius 2 is 2.00 bits per heavy atom. The third-order valence-corrected chi connectivity index (χ3v) is 3.23. The molecule has 8 heteroatoms. The molecule has 1 aromatic rings. The molecule has 0 unspecified atom stereocenters. The van der Waals surface area contributed by atoms with Crippen molar-refractivity contribution in [3.05, 3.63) is 29.5 Å². The zero-order valence-corrected chi connectivity index (χ0v) is 13.6. The molecule has 128 valence electrons. The van der Waals surface area contributed by atoms with Gasteiger partial charge in [0.15, 0.2) is 18.1 Å². The number of benzene rings is 1. The van der Waals surface area contributed by atoms with Crippen molar-refractivity contribution in [2.75, 3.05) is 27.4 Å². The highest BCUT2D eigenvalue weighted by atomic mass is 16.6. The number of ether oxygens (including phenoxy) is 3. The van der Waals surface area contributed by atoms with E-state index in [0.29, 0.717) is 23.7 Å². The summed E-state index contributed by atoms with van der Waals surface area (Å²) in [6.45, 7) is 1.97. The zero-order chi connectivity index (χ0) is 17.7. The number of urea groups is 1. The van der Waals surface area contributed by atoms with Crippen LogP contribution in [0.3, 0.4) is 0 Å². The number of methoxy groups -OCH3 is 1. The van der Waals surface area contributed by atoms with Gasteiger partial charge in [0.25, 0.3) is 5.91 Å². The lowest BCUT2D eigenvalue weighted by Crippen LogP contribution is -2.25. The van der Waals surface area contributed by atoms with Crippen LogP contribution >= 0.6 is 0 Å². The highest BCUT2D eigenvalue weighted by Gasteiger charge is 2.29. The molecule has 0 aliphatic carbocycles. The van der Waals surface area contributed by atoms with Gasteiger partial charge < -0.3 is 19.5 Å². The molecule has 1 fully saturated rings. The zero-order valence-electron chi connectivity index (χ0n) is 13.6. The first-order valence-corrected chi connectivity index (χ1v) is 7.23. The predicted molar refractivity (Wildman–Crippen MR) is 84.4 cm³/mol. The van der Waals surface area contributed by atoms with Crippen molar-refractivity contribution in [1.29, 1.82) is 0 Å². The van der Waals surface area contributed by atoms with Crippen LogP contribution in [0.15, 0.2) is 23.9 Å². The third kappa shape index (κ3) is 3.83. The van der Waals surface area contributed by atoms with Gasteiger partial charge in [-0.05, 0) is 30.7 Å². The number of hydrogen-bond acceptors (Lipinski definition) is 6. The molecule has 0 aromatic heterocycles. The molecule has 24 heavy (non-hydrogen) atoms. The summed E-state index contributed by atoms with van der Waals surface area (Å²) < 4.78 is 15.4. The fourth-order valence-electron chi connectivity index (χ4n) is 1.99. The number of rotatable bonds is 6. The Bertz CT molecular complexity index is 698. The molecule has 1 heterocycles. The molecule has 3 amide bonds. The smallest absolute Gasteiger partial charge is 0.343 e. The Hall–Kier alpha value is -3.03. The lowest BCUT2D eigenvalue weighted by Gasteiger charge is -2.12. The second-order valence-corrected chi connectivity index (χ2v) is 4.86. The van der Waals surface area contributed by atoms with Gasteiger partial charge in [0.1, 0.15) is 5.70 Å². The van der Waals surface area contributed by atoms with Gasteiger partial charge in [-0.2, -0.15) is 0 Å². The third-order valence-electron chi connectivity index (χ3n) is 3.23. The fraction of sp³-hybridized carbons (Fsp3) is 0.312. The number of imide groups is 1. The van der Waals surface area contributed by atoms with E-state index in [1.165, 1.54) is 20.2 Å². The molecule has 8 nitrogen and oxygen atoms in total. The van der Waals surface area contributed by atoms with E-state index in [0.717, 1.165) is 4.90 Å². The number of carbonyl (C=O) groups is 3. The summed E-state index contributed by atoms with van der Waals surface area (Å²) in [5, 5.41) is 2.48. The van der Waals surface area contributed by atoms with Crippen LogP contribution < -0.4 is 14.8 Å². The quantitative estimate of drug-likeness (QED) is 0.477. The predicted octanol–water partition coefficient (Wildman–Crippen LogP) is 1.16. The first-order chi connectivity index (χ1) is 11.5. The van der Waals surface area contributed by atoms with Crippen LogP contribution in [0.1, 0.15) is 12.5 Å². The number of likely N-dealkylation sites (N-methyl/N-ethyl adjacent to an activating group) is 1. The first kappa shape index (κ1) is 17.3. The van der Waals surface area contributed by atoms with Crippen LogP contribution in [0.25, 0.3) is 6.08 Å². The Balaban J connectivity index is 2.23. The van der Waals surface area contributed by atoms with E-state index in [4.69, 9.17) is 9.47 Å². The van der Waals surface area contributed by atoms with Crippen LogP contribution in [0.4, 0.5) is 4.79 Å². The van der Waals surface area contributed by atoms with Crippen LogP contribution in [0.5, 0.6) is 11.5 Å². The normalized spacial score (nSPS) is 15.5. The minimum absolute atomic E-state index is 0.174. The Morgan fingerprint density at radius 1 is 1.25 bits per heavy atom. The molecular weight excluding hydrogens is 316 g/mol. The molecule has 0 spiro atoms. The molecule has 1 aliphatic rings. The standard InChI is InChI=1S/C16H18N2O6/c1-4-23-13-8-10(5-6-12(13)24-9-14(19)22-3)7-11-15(20)18(2)16(21)17-11/h5-8H,4,9H2,1-3H3,(H,17,21)/b11-7+. The lowest BCUT2D eigenvalue weighted by atomic mass is 10.1. The minimum atomic E-state index is -0.508. The van der Waals surface area contributed by atoms with Gasteiger partial charge in [-0.3, -0.25) is 9.69 Å². The van der Waals surface area contributed by atoms with Gasteiger partial charge in [-0.15, -0.1) is 0 Å². The van der Waals surface area contributed by atoms with Crippen LogP contribution in [-0.2, 0) is 14.3 Å². The maximum absolute atomic E-state index is 11.9. The average molecular weight is 334 g/mol. The van der Waals surface area contributed by atoms with E-state index in [1.807, 2.05) is 6.92 Å². The van der Waals surface area contributed by atoms with E-state index in [2.05, 4.69) is 10.1 Å². The Morgan fingerprint density at radius 3 is 2.58 bits per heavy atom. The Labute approximate surface area is 139 Å². The average Bonchev–Trinajstić information content (AvgIpc) is 2.81. The molecule has 0 saturated carbocycles. The monoisotopic (exact) mass is 334 g/mol. The molecule has 0 radical (unpaired) electrons. The van der Waals surface area contributed by atoms with E-state index < -0.39 is 17.9 Å². The second-order valence-electron chi connectivity index (χ2n) is 4.86. The molecule has 1 saturated heterocycles. The van der Waals surface area contributed by atoms with Crippen LogP contribution in [-0.4, -0.2) is 50.2 Å². The van der Waals surface area contributed by atoms with E-state index >= 15 is 0 Å². The molecule has 0 atom stereocenters. The highest BCUT2D eigenvalue weighted by Crippen LogP contribution is 2.29. The molecular formula is C16H18N2O6. The number of amides is 3. The lowest BCUT2D eigenvalue weighted by molar-refractivity contribution is -0.142. The molecule has 1 aliphatic heterocycles. The topological polar surface area (TPSA) is 94.2 Å². The summed E-state index contributed by atoms with van der Waals surface area (Å²) in [4.78, 5) is 35.5. The summed E-state index contributed by atoms with van der Waals surface area (Å²) in [5.74, 6) is -0.126. The SMILES string of the molecule is CCOc1cc(/C=C2/NC(=O)N(C)C2=O)ccc1OCC(=O)OC. The maximum Gasteiger partial charge on any atom is 0.343 e. The molecule has 1 N–H and O–H groups in total. The van der Waals surface area contributed by atoms with Crippen molar-refractivity contribution in [1.82, 2.24) is 10.2 Å². The highest BCUT2D eigenvalue weighted by molar-refractivity contribution is 6.13. The number of carbonyl (C=O) groups excluding carboxylic acids is 3. The van der Waals surface area contributed by atoms with Crippen molar-refractivity contribution in [3.8, 4) is 11.5 Å². The maximum atomic E-state index is 11.9. The summed E-state index contributed by atoms with van der Waals surface area (Å²) >= 11 is 0. The van der Waals surface area contributed by atoms with Crippen LogP contribution in [0, 0.1) is 0 Å².